The van der Waals surface area contributed by atoms with Gasteiger partial charge in [-0.2, -0.15) is 15.6 Å². The van der Waals surface area contributed by atoms with E-state index < -0.39 is 0 Å². The van der Waals surface area contributed by atoms with Crippen LogP contribution in [0.25, 0.3) is 0 Å². The van der Waals surface area contributed by atoms with Gasteiger partial charge in [-0.25, -0.2) is 0 Å². The first-order valence-corrected chi connectivity index (χ1v) is 5.73. The lowest BCUT2D eigenvalue weighted by Gasteiger charge is -2.15. The Morgan fingerprint density at radius 1 is 1.47 bits per heavy atom. The Morgan fingerprint density at radius 3 is 2.88 bits per heavy atom. The molecule has 2 atom stereocenters. The molecule has 1 aromatic heterocycles. The summed E-state index contributed by atoms with van der Waals surface area (Å²) in [5, 5.41) is 24.8. The van der Waals surface area contributed by atoms with Crippen LogP contribution in [0.4, 0.5) is 0 Å². The van der Waals surface area contributed by atoms with Gasteiger partial charge in [-0.15, -0.1) is 0 Å². The van der Waals surface area contributed by atoms with Crippen molar-refractivity contribution < 1.29 is 0 Å². The fraction of sp³-hybridized carbons (Fsp3) is 0.583. The molecular formula is C12H17N5. The molecule has 0 saturated carbocycles. The molecule has 5 heteroatoms. The van der Waals surface area contributed by atoms with Crippen LogP contribution in [-0.4, -0.2) is 22.4 Å². The highest BCUT2D eigenvalue weighted by Crippen LogP contribution is 2.03. The number of nitriles is 2. The van der Waals surface area contributed by atoms with E-state index in [-0.39, 0.29) is 12.0 Å². The summed E-state index contributed by atoms with van der Waals surface area (Å²) in [7, 11) is 0. The molecule has 0 radical (unpaired) electrons. The summed E-state index contributed by atoms with van der Waals surface area (Å²) in [6, 6.07) is 6.42. The predicted octanol–water partition coefficient (Wildman–Crippen LogP) is 1.30. The van der Waals surface area contributed by atoms with Crippen LogP contribution in [0.5, 0.6) is 0 Å². The third-order valence-corrected chi connectivity index (χ3v) is 2.52. The summed E-state index contributed by atoms with van der Waals surface area (Å²) in [4.78, 5) is 0. The van der Waals surface area contributed by atoms with Crippen molar-refractivity contribution in [1.29, 1.82) is 10.5 Å². The van der Waals surface area contributed by atoms with Gasteiger partial charge in [0.15, 0.2) is 0 Å². The molecule has 0 amide bonds. The molecule has 0 spiro atoms. The first kappa shape index (κ1) is 13.2. The summed E-state index contributed by atoms with van der Waals surface area (Å²) in [6.45, 7) is 3.46. The van der Waals surface area contributed by atoms with Gasteiger partial charge >= 0.3 is 0 Å². The quantitative estimate of drug-likeness (QED) is 0.767. The Balaban J connectivity index is 2.25. The molecule has 1 heterocycles. The number of nitrogens with one attached hydrogen (secondary N) is 1. The summed E-state index contributed by atoms with van der Waals surface area (Å²) in [5.41, 5.74) is 0. The Labute approximate surface area is 102 Å². The molecule has 1 aromatic rings. The zero-order valence-corrected chi connectivity index (χ0v) is 10.0. The smallest absolute Gasteiger partial charge is 0.0669 e. The second-order valence-electron chi connectivity index (χ2n) is 4.06. The molecule has 0 fully saturated rings. The molecule has 1 rings (SSSR count). The average Bonchev–Trinajstić information content (AvgIpc) is 2.82. The van der Waals surface area contributed by atoms with Gasteiger partial charge in [0.2, 0.25) is 0 Å². The van der Waals surface area contributed by atoms with E-state index >= 15 is 0 Å². The monoisotopic (exact) mass is 231 g/mol. The van der Waals surface area contributed by atoms with Crippen LogP contribution in [0.2, 0.25) is 0 Å². The third-order valence-electron chi connectivity index (χ3n) is 2.52. The van der Waals surface area contributed by atoms with Crippen LogP contribution in [0.3, 0.4) is 0 Å². The molecule has 2 unspecified atom stereocenters. The lowest BCUT2D eigenvalue weighted by Crippen LogP contribution is -2.34. The minimum Gasteiger partial charge on any atom is -0.311 e. The molecule has 5 nitrogen and oxygen atoms in total. The SMILES string of the molecule is CC(Cn1cccn1)NCC(C#N)CCC#N. The zero-order valence-electron chi connectivity index (χ0n) is 10.0. The molecule has 17 heavy (non-hydrogen) atoms. The van der Waals surface area contributed by atoms with Gasteiger partial charge in [-0.3, -0.25) is 4.68 Å². The van der Waals surface area contributed by atoms with E-state index in [0.717, 1.165) is 6.54 Å². The van der Waals surface area contributed by atoms with Gasteiger partial charge in [-0.1, -0.05) is 0 Å². The fourth-order valence-corrected chi connectivity index (χ4v) is 1.55. The summed E-state index contributed by atoms with van der Waals surface area (Å²) in [5.74, 6) is -0.0882. The van der Waals surface area contributed by atoms with Crippen LogP contribution in [-0.2, 0) is 6.54 Å². The molecule has 0 bridgehead atoms. The Morgan fingerprint density at radius 2 is 2.29 bits per heavy atom. The Hall–Kier alpha value is -1.85. The second kappa shape index (κ2) is 7.43. The van der Waals surface area contributed by atoms with E-state index in [0.29, 0.717) is 19.4 Å². The number of hydrogen-bond donors (Lipinski definition) is 1. The summed E-state index contributed by atoms with van der Waals surface area (Å²) >= 11 is 0. The van der Waals surface area contributed by atoms with Crippen molar-refractivity contribution in [3.8, 4) is 12.1 Å². The van der Waals surface area contributed by atoms with Crippen molar-refractivity contribution in [2.45, 2.75) is 32.4 Å². The van der Waals surface area contributed by atoms with E-state index in [4.69, 9.17) is 10.5 Å². The summed E-state index contributed by atoms with van der Waals surface area (Å²) in [6.07, 6.45) is 4.73. The number of aromatic nitrogens is 2. The molecule has 0 aliphatic carbocycles. The number of rotatable bonds is 7. The lowest BCUT2D eigenvalue weighted by atomic mass is 10.1. The van der Waals surface area contributed by atoms with E-state index in [1.54, 1.807) is 6.20 Å². The van der Waals surface area contributed by atoms with Gasteiger partial charge in [0, 0.05) is 31.4 Å². The molecule has 0 saturated heterocycles. The van der Waals surface area contributed by atoms with Crippen LogP contribution < -0.4 is 5.32 Å². The standard InChI is InChI=1S/C12H17N5/c1-11(10-17-7-3-6-16-17)15-9-12(8-14)4-2-5-13/h3,6-7,11-12,15H,2,4,9-10H2,1H3. The van der Waals surface area contributed by atoms with Crippen molar-refractivity contribution >= 4 is 0 Å². The van der Waals surface area contributed by atoms with Gasteiger partial charge in [-0.05, 0) is 19.4 Å². The fourth-order valence-electron chi connectivity index (χ4n) is 1.55. The van der Waals surface area contributed by atoms with E-state index in [2.05, 4.69) is 29.5 Å². The maximum Gasteiger partial charge on any atom is 0.0669 e. The van der Waals surface area contributed by atoms with Crippen molar-refractivity contribution in [1.82, 2.24) is 15.1 Å². The van der Waals surface area contributed by atoms with Crippen molar-refractivity contribution in [2.75, 3.05) is 6.54 Å². The van der Waals surface area contributed by atoms with E-state index in [1.165, 1.54) is 0 Å². The minimum absolute atomic E-state index is 0.0882. The summed E-state index contributed by atoms with van der Waals surface area (Å²) < 4.78 is 1.86. The van der Waals surface area contributed by atoms with Crippen LogP contribution >= 0.6 is 0 Å². The van der Waals surface area contributed by atoms with E-state index in [9.17, 15) is 0 Å². The highest BCUT2D eigenvalue weighted by molar-refractivity contribution is 4.88. The lowest BCUT2D eigenvalue weighted by molar-refractivity contribution is 0.422. The van der Waals surface area contributed by atoms with Gasteiger partial charge in [0.05, 0.1) is 24.6 Å². The number of hydrogen-bond acceptors (Lipinski definition) is 4. The van der Waals surface area contributed by atoms with Crippen LogP contribution in [0, 0.1) is 28.6 Å². The van der Waals surface area contributed by atoms with E-state index in [1.807, 2.05) is 16.9 Å². The molecule has 1 N–H and O–H groups in total. The second-order valence-corrected chi connectivity index (χ2v) is 4.06. The normalized spacial score (nSPS) is 13.6. The molecule has 0 aliphatic rings. The predicted molar refractivity (Wildman–Crippen MR) is 63.6 cm³/mol. The maximum atomic E-state index is 8.91. The van der Waals surface area contributed by atoms with Crippen molar-refractivity contribution in [3.05, 3.63) is 18.5 Å². The minimum atomic E-state index is -0.0882. The van der Waals surface area contributed by atoms with Gasteiger partial charge in [0.25, 0.3) is 0 Å². The third kappa shape index (κ3) is 5.14. The molecule has 0 aliphatic heterocycles. The molecular weight excluding hydrogens is 214 g/mol. The molecule has 0 aromatic carbocycles. The topological polar surface area (TPSA) is 77.4 Å². The first-order valence-electron chi connectivity index (χ1n) is 5.73. The molecule has 90 valence electrons. The van der Waals surface area contributed by atoms with Gasteiger partial charge in [0.1, 0.15) is 0 Å². The van der Waals surface area contributed by atoms with Gasteiger partial charge < -0.3 is 5.32 Å². The average molecular weight is 231 g/mol. The zero-order chi connectivity index (χ0) is 12.5. The maximum absolute atomic E-state index is 8.91. The highest BCUT2D eigenvalue weighted by Gasteiger charge is 2.09. The van der Waals surface area contributed by atoms with Crippen LogP contribution in [0.15, 0.2) is 18.5 Å². The van der Waals surface area contributed by atoms with Crippen molar-refractivity contribution in [2.24, 2.45) is 5.92 Å². The van der Waals surface area contributed by atoms with Crippen LogP contribution in [0.1, 0.15) is 19.8 Å². The largest absolute Gasteiger partial charge is 0.311 e. The first-order chi connectivity index (χ1) is 8.26. The highest BCUT2D eigenvalue weighted by atomic mass is 15.3. The Bertz CT molecular complexity index is 384. The van der Waals surface area contributed by atoms with Crippen molar-refractivity contribution in [3.63, 3.8) is 0 Å². The number of nitrogens with zero attached hydrogens (tertiary/aromatic N) is 4. The Kier molecular flexibility index (Phi) is 5.77.